The van der Waals surface area contributed by atoms with Crippen molar-refractivity contribution in [3.05, 3.63) is 40.7 Å². The van der Waals surface area contributed by atoms with Crippen LogP contribution in [0.2, 0.25) is 0 Å². The van der Waals surface area contributed by atoms with Gasteiger partial charge in [0.2, 0.25) is 0 Å². The molecule has 2 aromatic heterocycles. The summed E-state index contributed by atoms with van der Waals surface area (Å²) >= 11 is 0. The van der Waals surface area contributed by atoms with Gasteiger partial charge in [0, 0.05) is 25.6 Å². The van der Waals surface area contributed by atoms with Gasteiger partial charge in [-0.3, -0.25) is 9.69 Å². The number of furan rings is 1. The number of morpholine rings is 1. The van der Waals surface area contributed by atoms with Crippen LogP contribution in [0.15, 0.2) is 21.1 Å². The maximum atomic E-state index is 12.8. The van der Waals surface area contributed by atoms with E-state index in [4.69, 9.17) is 13.7 Å². The van der Waals surface area contributed by atoms with Gasteiger partial charge in [-0.15, -0.1) is 0 Å². The molecule has 3 heterocycles. The average Bonchev–Trinajstić information content (AvgIpc) is 3.22. The number of hydrogen-bond donors (Lipinski definition) is 1. The molecule has 0 radical (unpaired) electrons. The molecular weight excluding hydrogens is 334 g/mol. The van der Waals surface area contributed by atoms with E-state index in [9.17, 15) is 4.79 Å². The largest absolute Gasteiger partial charge is 0.465 e. The summed E-state index contributed by atoms with van der Waals surface area (Å²) < 4.78 is 16.6. The molecule has 0 spiro atoms. The highest BCUT2D eigenvalue weighted by Gasteiger charge is 2.28. The van der Waals surface area contributed by atoms with Crippen LogP contribution in [0, 0.1) is 13.8 Å². The summed E-state index contributed by atoms with van der Waals surface area (Å²) in [5, 5.41) is 7.00. The normalized spacial score (nSPS) is 16.8. The van der Waals surface area contributed by atoms with Crippen LogP contribution in [-0.4, -0.2) is 48.8 Å². The Kier molecular flexibility index (Phi) is 5.78. The standard InChI is InChI=1S/C19H27N3O4/c1-12(2)18-17(14(4)21-26-18)19(23)20-11-15(16-6-5-13(3)25-16)22-7-9-24-10-8-22/h5-6,12,15H,7-11H2,1-4H3,(H,20,23)/t15-/m1/s1. The zero-order chi connectivity index (χ0) is 18.7. The van der Waals surface area contributed by atoms with Crippen molar-refractivity contribution >= 4 is 5.91 Å². The molecule has 26 heavy (non-hydrogen) atoms. The fourth-order valence-electron chi connectivity index (χ4n) is 3.27. The third-order valence-corrected chi connectivity index (χ3v) is 4.67. The molecule has 1 atom stereocenters. The minimum Gasteiger partial charge on any atom is -0.465 e. The second-order valence-electron chi connectivity index (χ2n) is 6.98. The van der Waals surface area contributed by atoms with E-state index in [-0.39, 0.29) is 17.9 Å². The van der Waals surface area contributed by atoms with Crippen LogP contribution in [0.4, 0.5) is 0 Å². The van der Waals surface area contributed by atoms with E-state index in [1.165, 1.54) is 0 Å². The fourth-order valence-corrected chi connectivity index (χ4v) is 3.27. The van der Waals surface area contributed by atoms with Crippen LogP contribution < -0.4 is 5.32 Å². The van der Waals surface area contributed by atoms with Gasteiger partial charge in [0.05, 0.1) is 24.9 Å². The minimum atomic E-state index is -0.158. The zero-order valence-corrected chi connectivity index (χ0v) is 15.9. The summed E-state index contributed by atoms with van der Waals surface area (Å²) in [6.07, 6.45) is 0. The number of nitrogens with one attached hydrogen (secondary N) is 1. The first-order valence-corrected chi connectivity index (χ1v) is 9.10. The van der Waals surface area contributed by atoms with Crippen molar-refractivity contribution in [1.82, 2.24) is 15.4 Å². The lowest BCUT2D eigenvalue weighted by Gasteiger charge is -2.33. The van der Waals surface area contributed by atoms with Gasteiger partial charge in [0.25, 0.3) is 5.91 Å². The van der Waals surface area contributed by atoms with Crippen molar-refractivity contribution in [2.45, 2.75) is 39.7 Å². The predicted octanol–water partition coefficient (Wildman–Crippen LogP) is 2.81. The summed E-state index contributed by atoms with van der Waals surface area (Å²) in [7, 11) is 0. The van der Waals surface area contributed by atoms with Crippen LogP contribution in [0.3, 0.4) is 0 Å². The van der Waals surface area contributed by atoms with Crippen molar-refractivity contribution in [3.8, 4) is 0 Å². The first-order valence-electron chi connectivity index (χ1n) is 9.10. The molecule has 1 amide bonds. The summed E-state index contributed by atoms with van der Waals surface area (Å²) in [5.74, 6) is 2.28. The molecule has 1 aliphatic rings. The second kappa shape index (κ2) is 8.05. The first-order chi connectivity index (χ1) is 12.5. The van der Waals surface area contributed by atoms with Crippen LogP contribution in [0.25, 0.3) is 0 Å². The third-order valence-electron chi connectivity index (χ3n) is 4.67. The van der Waals surface area contributed by atoms with E-state index < -0.39 is 0 Å². The van der Waals surface area contributed by atoms with Crippen LogP contribution in [0.1, 0.15) is 59.1 Å². The number of nitrogens with zero attached hydrogens (tertiary/aromatic N) is 2. The van der Waals surface area contributed by atoms with Gasteiger partial charge < -0.3 is 19.0 Å². The summed E-state index contributed by atoms with van der Waals surface area (Å²) in [6.45, 7) is 11.1. The number of carbonyl (C=O) groups is 1. The quantitative estimate of drug-likeness (QED) is 0.852. The molecule has 2 aromatic rings. The van der Waals surface area contributed by atoms with Gasteiger partial charge in [0.15, 0.2) is 5.76 Å². The first kappa shape index (κ1) is 18.7. The number of aromatic nitrogens is 1. The highest BCUT2D eigenvalue weighted by atomic mass is 16.5. The predicted molar refractivity (Wildman–Crippen MR) is 96.2 cm³/mol. The number of amides is 1. The SMILES string of the molecule is Cc1ccc([C@@H](CNC(=O)c2c(C)noc2C(C)C)N2CCOCC2)o1. The Balaban J connectivity index is 1.75. The van der Waals surface area contributed by atoms with E-state index in [0.717, 1.165) is 24.6 Å². The number of rotatable bonds is 6. The smallest absolute Gasteiger partial charge is 0.256 e. The minimum absolute atomic E-state index is 0.0285. The Morgan fingerprint density at radius 1 is 1.27 bits per heavy atom. The monoisotopic (exact) mass is 361 g/mol. The number of carbonyl (C=O) groups excluding carboxylic acids is 1. The van der Waals surface area contributed by atoms with Gasteiger partial charge >= 0.3 is 0 Å². The van der Waals surface area contributed by atoms with Crippen molar-refractivity contribution in [2.75, 3.05) is 32.8 Å². The lowest BCUT2D eigenvalue weighted by atomic mass is 10.0. The summed E-state index contributed by atoms with van der Waals surface area (Å²) in [4.78, 5) is 15.1. The van der Waals surface area contributed by atoms with Gasteiger partial charge in [-0.2, -0.15) is 0 Å². The number of aryl methyl sites for hydroxylation is 2. The van der Waals surface area contributed by atoms with Gasteiger partial charge in [0.1, 0.15) is 17.1 Å². The fraction of sp³-hybridized carbons (Fsp3) is 0.579. The Morgan fingerprint density at radius 3 is 2.62 bits per heavy atom. The van der Waals surface area contributed by atoms with Gasteiger partial charge in [-0.1, -0.05) is 19.0 Å². The zero-order valence-electron chi connectivity index (χ0n) is 15.9. The summed E-state index contributed by atoms with van der Waals surface area (Å²) in [6, 6.07) is 3.90. The van der Waals surface area contributed by atoms with Gasteiger partial charge in [-0.05, 0) is 26.0 Å². The van der Waals surface area contributed by atoms with E-state index in [1.54, 1.807) is 6.92 Å². The molecular formula is C19H27N3O4. The topological polar surface area (TPSA) is 80.7 Å². The molecule has 0 aromatic carbocycles. The van der Waals surface area contributed by atoms with E-state index in [2.05, 4.69) is 15.4 Å². The lowest BCUT2D eigenvalue weighted by molar-refractivity contribution is 0.0117. The van der Waals surface area contributed by atoms with Crippen molar-refractivity contribution < 1.29 is 18.5 Å². The molecule has 0 saturated carbocycles. The second-order valence-corrected chi connectivity index (χ2v) is 6.98. The van der Waals surface area contributed by atoms with Crippen LogP contribution >= 0.6 is 0 Å². The van der Waals surface area contributed by atoms with E-state index >= 15 is 0 Å². The van der Waals surface area contributed by atoms with E-state index in [1.807, 2.05) is 32.9 Å². The summed E-state index contributed by atoms with van der Waals surface area (Å²) in [5.41, 5.74) is 1.15. The molecule has 7 heteroatoms. The highest BCUT2D eigenvalue weighted by Crippen LogP contribution is 2.25. The van der Waals surface area contributed by atoms with Gasteiger partial charge in [-0.25, -0.2) is 0 Å². The van der Waals surface area contributed by atoms with Crippen LogP contribution in [-0.2, 0) is 4.74 Å². The molecule has 3 rings (SSSR count). The maximum Gasteiger partial charge on any atom is 0.256 e. The maximum absolute atomic E-state index is 12.8. The van der Waals surface area contributed by atoms with E-state index in [0.29, 0.717) is 36.8 Å². The molecule has 0 bridgehead atoms. The average molecular weight is 361 g/mol. The number of ether oxygens (including phenoxy) is 1. The Labute approximate surface area is 153 Å². The molecule has 0 aliphatic carbocycles. The molecule has 1 N–H and O–H groups in total. The van der Waals surface area contributed by atoms with Crippen molar-refractivity contribution in [1.29, 1.82) is 0 Å². The molecule has 1 fully saturated rings. The third kappa shape index (κ3) is 3.99. The Morgan fingerprint density at radius 2 is 2.00 bits per heavy atom. The molecule has 0 unspecified atom stereocenters. The Hall–Kier alpha value is -2.12. The van der Waals surface area contributed by atoms with Crippen molar-refractivity contribution in [2.24, 2.45) is 0 Å². The van der Waals surface area contributed by atoms with Crippen molar-refractivity contribution in [3.63, 3.8) is 0 Å². The number of hydrogen-bond acceptors (Lipinski definition) is 6. The highest BCUT2D eigenvalue weighted by molar-refractivity contribution is 5.96. The lowest BCUT2D eigenvalue weighted by Crippen LogP contribution is -2.43. The Bertz CT molecular complexity index is 744. The molecule has 7 nitrogen and oxygen atoms in total. The van der Waals surface area contributed by atoms with Crippen LogP contribution in [0.5, 0.6) is 0 Å². The molecule has 142 valence electrons. The molecule has 1 aliphatic heterocycles. The molecule has 1 saturated heterocycles.